The Morgan fingerprint density at radius 2 is 2.14 bits per heavy atom. The number of nitrogens with zero attached hydrogens (tertiary/aromatic N) is 2. The highest BCUT2D eigenvalue weighted by atomic mass is 32.1. The van der Waals surface area contributed by atoms with Crippen molar-refractivity contribution in [3.05, 3.63) is 65.4 Å². The molecule has 37 heavy (non-hydrogen) atoms. The van der Waals surface area contributed by atoms with E-state index in [2.05, 4.69) is 41.7 Å². The van der Waals surface area contributed by atoms with Gasteiger partial charge in [0.1, 0.15) is 10.8 Å². The molecule has 0 bridgehead atoms. The quantitative estimate of drug-likeness (QED) is 0.394. The molecule has 3 aromatic rings. The van der Waals surface area contributed by atoms with E-state index in [0.717, 1.165) is 52.4 Å². The number of hydrogen-bond acceptors (Lipinski definition) is 5. The van der Waals surface area contributed by atoms with Gasteiger partial charge >= 0.3 is 6.03 Å². The van der Waals surface area contributed by atoms with Crippen molar-refractivity contribution in [1.82, 2.24) is 15.2 Å². The van der Waals surface area contributed by atoms with Crippen LogP contribution in [0.15, 0.2) is 48.7 Å². The van der Waals surface area contributed by atoms with Crippen LogP contribution < -0.4 is 10.1 Å². The fraction of sp³-hybridized carbons (Fsp3) is 0.400. The normalized spacial score (nSPS) is 19.4. The summed E-state index contributed by atoms with van der Waals surface area (Å²) in [7, 11) is 0. The second-order valence-electron chi connectivity index (χ2n) is 10.1. The van der Waals surface area contributed by atoms with Gasteiger partial charge in [-0.25, -0.2) is 9.78 Å². The topological polar surface area (TPSA) is 74.7 Å². The van der Waals surface area contributed by atoms with E-state index in [9.17, 15) is 9.90 Å². The maximum absolute atomic E-state index is 12.9. The average molecular weight is 518 g/mol. The van der Waals surface area contributed by atoms with Gasteiger partial charge in [0.05, 0.1) is 23.1 Å². The first-order valence-corrected chi connectivity index (χ1v) is 14.0. The summed E-state index contributed by atoms with van der Waals surface area (Å²) < 4.78 is 5.98. The number of fused-ring (bicyclic) bond motifs is 1. The molecule has 0 radical (unpaired) electrons. The molecule has 0 unspecified atom stereocenters. The highest BCUT2D eigenvalue weighted by Crippen LogP contribution is 2.41. The molecule has 0 spiro atoms. The molecule has 6 nitrogen and oxygen atoms in total. The molecule has 2 amide bonds. The van der Waals surface area contributed by atoms with Gasteiger partial charge < -0.3 is 20.1 Å². The number of benzene rings is 2. The number of likely N-dealkylation sites (tertiary alicyclic amines) is 1. The number of aliphatic hydroxyl groups is 1. The summed E-state index contributed by atoms with van der Waals surface area (Å²) in [5, 5.41) is 14.1. The van der Waals surface area contributed by atoms with Crippen LogP contribution in [0.1, 0.15) is 62.8 Å². The zero-order chi connectivity index (χ0) is 25.9. The van der Waals surface area contributed by atoms with Crippen LogP contribution in [0.3, 0.4) is 0 Å². The van der Waals surface area contributed by atoms with Crippen LogP contribution in [0, 0.1) is 0 Å². The van der Waals surface area contributed by atoms with Crippen LogP contribution >= 0.6 is 11.3 Å². The molecular weight excluding hydrogens is 482 g/mol. The predicted octanol–water partition coefficient (Wildman–Crippen LogP) is 6.45. The van der Waals surface area contributed by atoms with E-state index in [1.807, 2.05) is 39.1 Å². The summed E-state index contributed by atoms with van der Waals surface area (Å²) in [6.07, 6.45) is 9.15. The van der Waals surface area contributed by atoms with Crippen LogP contribution in [0.25, 0.3) is 27.1 Å². The van der Waals surface area contributed by atoms with Gasteiger partial charge in [-0.3, -0.25) is 0 Å². The predicted molar refractivity (Wildman–Crippen MR) is 150 cm³/mol. The first-order chi connectivity index (χ1) is 17.9. The van der Waals surface area contributed by atoms with Crippen LogP contribution in [-0.4, -0.2) is 46.3 Å². The number of nitrogens with one attached hydrogen (secondary N) is 1. The Hall–Kier alpha value is -3.16. The molecule has 1 saturated heterocycles. The zero-order valence-electron chi connectivity index (χ0n) is 21.7. The molecule has 1 aromatic heterocycles. The van der Waals surface area contributed by atoms with Gasteiger partial charge in [0.2, 0.25) is 0 Å². The lowest BCUT2D eigenvalue weighted by atomic mass is 10.0. The molecule has 1 fully saturated rings. The first kappa shape index (κ1) is 25.5. The average Bonchev–Trinajstić information content (AvgIpc) is 3.53. The van der Waals surface area contributed by atoms with Crippen molar-refractivity contribution in [3.8, 4) is 26.8 Å². The highest BCUT2D eigenvalue weighted by molar-refractivity contribution is 7.18. The smallest absolute Gasteiger partial charge is 0.317 e. The number of piperidine rings is 1. The molecule has 2 N–H and O–H groups in total. The lowest BCUT2D eigenvalue weighted by Crippen LogP contribution is -2.47. The second-order valence-corrected chi connectivity index (χ2v) is 11.1. The van der Waals surface area contributed by atoms with E-state index < -0.39 is 6.10 Å². The summed E-state index contributed by atoms with van der Waals surface area (Å²) in [6.45, 7) is 7.19. The third-order valence-corrected chi connectivity index (χ3v) is 8.07. The van der Waals surface area contributed by atoms with Crippen molar-refractivity contribution < 1.29 is 14.6 Å². The number of carbonyl (C=O) groups is 1. The monoisotopic (exact) mass is 517 g/mol. The fourth-order valence-electron chi connectivity index (χ4n) is 5.30. The Bertz CT molecular complexity index is 1300. The summed E-state index contributed by atoms with van der Waals surface area (Å²) in [5.74, 6) is 0.877. The third kappa shape index (κ3) is 5.58. The number of thiazole rings is 1. The highest BCUT2D eigenvalue weighted by Gasteiger charge is 2.29. The number of β-amino-alcohol motifs (C(OH)–C–C–N with tert-alkyl or cyclic N) is 1. The molecule has 0 saturated carbocycles. The molecule has 194 valence electrons. The first-order valence-electron chi connectivity index (χ1n) is 13.2. The van der Waals surface area contributed by atoms with Gasteiger partial charge in [-0.2, -0.15) is 0 Å². The van der Waals surface area contributed by atoms with E-state index in [-0.39, 0.29) is 18.2 Å². The van der Waals surface area contributed by atoms with E-state index >= 15 is 0 Å². The van der Waals surface area contributed by atoms with Gasteiger partial charge in [-0.05, 0) is 81.3 Å². The molecular formula is C30H35N3O3S. The molecule has 2 aromatic carbocycles. The number of aromatic nitrogens is 1. The third-order valence-electron chi connectivity index (χ3n) is 6.99. The van der Waals surface area contributed by atoms with Crippen molar-refractivity contribution in [1.29, 1.82) is 0 Å². The van der Waals surface area contributed by atoms with Crippen molar-refractivity contribution in [3.63, 3.8) is 0 Å². The van der Waals surface area contributed by atoms with Gasteiger partial charge in [0.15, 0.2) is 0 Å². The van der Waals surface area contributed by atoms with E-state index in [1.54, 1.807) is 16.2 Å². The molecule has 2 atom stereocenters. The molecule has 1 aliphatic carbocycles. The van der Waals surface area contributed by atoms with Gasteiger partial charge in [-0.15, -0.1) is 11.3 Å². The maximum atomic E-state index is 12.9. The summed E-state index contributed by atoms with van der Waals surface area (Å²) >= 11 is 1.69. The summed E-state index contributed by atoms with van der Waals surface area (Å²) in [6, 6.07) is 12.5. The van der Waals surface area contributed by atoms with Crippen molar-refractivity contribution in [2.45, 2.75) is 64.7 Å². The van der Waals surface area contributed by atoms with Crippen molar-refractivity contribution in [2.75, 3.05) is 13.1 Å². The van der Waals surface area contributed by atoms with Crippen LogP contribution in [0.4, 0.5) is 4.79 Å². The number of urea groups is 1. The van der Waals surface area contributed by atoms with Gasteiger partial charge in [0, 0.05) is 30.4 Å². The number of carbonyl (C=O) groups excluding carboxylic acids is 1. The van der Waals surface area contributed by atoms with Crippen molar-refractivity contribution >= 4 is 23.4 Å². The lowest BCUT2D eigenvalue weighted by molar-refractivity contribution is 0.0833. The van der Waals surface area contributed by atoms with Gasteiger partial charge in [-0.1, -0.05) is 30.4 Å². The number of aliphatic hydroxyl groups excluding tert-OH is 1. The molecule has 5 rings (SSSR count). The fourth-order valence-corrected chi connectivity index (χ4v) is 6.26. The summed E-state index contributed by atoms with van der Waals surface area (Å²) in [5.41, 5.74) is 5.79. The van der Waals surface area contributed by atoms with Gasteiger partial charge in [0.25, 0.3) is 0 Å². The van der Waals surface area contributed by atoms with Crippen LogP contribution in [-0.2, 0) is 6.42 Å². The molecule has 1 aliphatic heterocycles. The maximum Gasteiger partial charge on any atom is 0.317 e. The minimum absolute atomic E-state index is 0.00852. The Kier molecular flexibility index (Phi) is 7.63. The summed E-state index contributed by atoms with van der Waals surface area (Å²) in [4.78, 5) is 20.5. The van der Waals surface area contributed by atoms with E-state index in [1.165, 1.54) is 16.7 Å². The Labute approximate surface area is 223 Å². The SMILES string of the molecule is C/C=C\c1cc(-c2ncc(-c3cccc4c3CC[C@@H]4NC(=O)N3CCC[C@H](O)C3)s2)ccc1OC(C)C. The Morgan fingerprint density at radius 1 is 1.27 bits per heavy atom. The van der Waals surface area contributed by atoms with E-state index in [0.29, 0.717) is 13.1 Å². The molecule has 2 aliphatic rings. The molecule has 2 heterocycles. The van der Waals surface area contributed by atoms with Crippen LogP contribution in [0.2, 0.25) is 0 Å². The minimum Gasteiger partial charge on any atom is -0.490 e. The van der Waals surface area contributed by atoms with Crippen LogP contribution in [0.5, 0.6) is 5.75 Å². The molecule has 7 heteroatoms. The zero-order valence-corrected chi connectivity index (χ0v) is 22.6. The second kappa shape index (κ2) is 11.1. The lowest BCUT2D eigenvalue weighted by Gasteiger charge is -2.31. The minimum atomic E-state index is -0.421. The number of rotatable bonds is 6. The Balaban J connectivity index is 1.37. The largest absolute Gasteiger partial charge is 0.490 e. The van der Waals surface area contributed by atoms with E-state index in [4.69, 9.17) is 9.72 Å². The standard InChI is InChI=1S/C30H35N3O3S/c1-4-7-20-16-21(11-14-27(20)36-19(2)3)29-31-17-28(37-29)25-10-5-9-24-23(25)12-13-26(24)32-30(35)33-15-6-8-22(34)18-33/h4-5,7,9-11,14,16-17,19,22,26,34H,6,8,12-13,15,18H2,1-3H3,(H,32,35)/b7-4-/t22-,26-/m0/s1. The van der Waals surface area contributed by atoms with Crippen molar-refractivity contribution in [2.24, 2.45) is 0 Å². The Morgan fingerprint density at radius 3 is 2.92 bits per heavy atom. The number of hydrogen-bond donors (Lipinski definition) is 2. The number of allylic oxidation sites excluding steroid dienone is 1. The number of ether oxygens (including phenoxy) is 1. The number of amides is 2.